The quantitative estimate of drug-likeness (QED) is 0.731. The average molecular weight is 375 g/mol. The molecule has 1 aliphatic heterocycles. The first-order chi connectivity index (χ1) is 12.6. The predicted molar refractivity (Wildman–Crippen MR) is 93.8 cm³/mol. The molecule has 0 bridgehead atoms. The molecule has 134 valence electrons. The second-order valence-electron chi connectivity index (χ2n) is 5.94. The Labute approximate surface area is 152 Å². The van der Waals surface area contributed by atoms with E-state index < -0.39 is 6.61 Å². The number of carbonyl (C=O) groups is 1. The van der Waals surface area contributed by atoms with E-state index in [0.29, 0.717) is 12.4 Å². The summed E-state index contributed by atoms with van der Waals surface area (Å²) in [5, 5.41) is 9.28. The molecule has 1 unspecified atom stereocenters. The summed E-state index contributed by atoms with van der Waals surface area (Å²) in [6.07, 6.45) is 1.96. The first-order valence-corrected chi connectivity index (χ1v) is 8.91. The zero-order valence-corrected chi connectivity index (χ0v) is 14.4. The largest absolute Gasteiger partial charge is 0.435 e. The van der Waals surface area contributed by atoms with Gasteiger partial charge in [0, 0.05) is 22.8 Å². The van der Waals surface area contributed by atoms with E-state index in [1.54, 1.807) is 34.3 Å². The number of hydrogen-bond donors (Lipinski definition) is 1. The third-order valence-corrected chi connectivity index (χ3v) is 5.12. The molecule has 1 amide bonds. The van der Waals surface area contributed by atoms with Crippen molar-refractivity contribution in [2.24, 2.45) is 0 Å². The maximum Gasteiger partial charge on any atom is 0.387 e. The molecule has 1 N–H and O–H groups in total. The molecule has 26 heavy (non-hydrogen) atoms. The molecule has 1 aromatic carbocycles. The Balaban J connectivity index is 1.67. The van der Waals surface area contributed by atoms with Gasteiger partial charge in [0.2, 0.25) is 5.91 Å². The highest BCUT2D eigenvalue weighted by Gasteiger charge is 2.30. The van der Waals surface area contributed by atoms with Crippen molar-refractivity contribution in [1.82, 2.24) is 9.78 Å². The van der Waals surface area contributed by atoms with E-state index in [0.717, 1.165) is 16.0 Å². The van der Waals surface area contributed by atoms with E-state index in [1.807, 2.05) is 23.6 Å². The van der Waals surface area contributed by atoms with Gasteiger partial charge in [0.05, 0.1) is 12.7 Å². The van der Waals surface area contributed by atoms with Crippen molar-refractivity contribution in [2.45, 2.75) is 25.5 Å². The van der Waals surface area contributed by atoms with E-state index >= 15 is 0 Å². The number of anilines is 1. The molecule has 0 saturated carbocycles. The highest BCUT2D eigenvalue weighted by Crippen LogP contribution is 2.38. The first kappa shape index (κ1) is 16.7. The molecule has 0 aliphatic carbocycles. The van der Waals surface area contributed by atoms with Crippen LogP contribution in [0.25, 0.3) is 0 Å². The Kier molecular flexibility index (Phi) is 4.42. The standard InChI is InChI=1S/C18H15F2N3O2S/c19-18(20)25-12-4-1-3-11(7-12)14-8-16(24)22-17-15(14)9-21-23(17)10-13-5-2-6-26-13/h1-7,9,14,18H,8,10H2,(H,22,24). The van der Waals surface area contributed by atoms with Crippen LogP contribution in [0.1, 0.15) is 28.3 Å². The minimum atomic E-state index is -2.89. The number of alkyl halides is 2. The van der Waals surface area contributed by atoms with Crippen molar-refractivity contribution in [2.75, 3.05) is 5.32 Å². The number of rotatable bonds is 5. The normalized spacial score (nSPS) is 16.4. The molecule has 0 spiro atoms. The van der Waals surface area contributed by atoms with Crippen LogP contribution >= 0.6 is 11.3 Å². The van der Waals surface area contributed by atoms with Gasteiger partial charge in [0.1, 0.15) is 11.6 Å². The van der Waals surface area contributed by atoms with Crippen LogP contribution in [0.5, 0.6) is 5.75 Å². The molecule has 3 heterocycles. The molecule has 0 saturated heterocycles. The summed E-state index contributed by atoms with van der Waals surface area (Å²) < 4.78 is 31.2. The summed E-state index contributed by atoms with van der Waals surface area (Å²) in [7, 11) is 0. The average Bonchev–Trinajstić information content (AvgIpc) is 3.25. The molecule has 1 aliphatic rings. The van der Waals surface area contributed by atoms with Gasteiger partial charge < -0.3 is 10.1 Å². The number of aromatic nitrogens is 2. The maximum atomic E-state index is 12.5. The van der Waals surface area contributed by atoms with Crippen LogP contribution in [0.4, 0.5) is 14.6 Å². The zero-order valence-electron chi connectivity index (χ0n) is 13.6. The van der Waals surface area contributed by atoms with Crippen molar-refractivity contribution < 1.29 is 18.3 Å². The number of carbonyl (C=O) groups excluding carboxylic acids is 1. The van der Waals surface area contributed by atoms with E-state index in [2.05, 4.69) is 15.2 Å². The second-order valence-corrected chi connectivity index (χ2v) is 6.97. The van der Waals surface area contributed by atoms with Gasteiger partial charge in [-0.15, -0.1) is 11.3 Å². The van der Waals surface area contributed by atoms with Crippen molar-refractivity contribution in [3.63, 3.8) is 0 Å². The SMILES string of the molecule is O=C1CC(c2cccc(OC(F)F)c2)c2cnn(Cc3cccs3)c2N1. The molecule has 4 rings (SSSR count). The first-order valence-electron chi connectivity index (χ1n) is 8.03. The molecule has 5 nitrogen and oxygen atoms in total. The van der Waals surface area contributed by atoms with Gasteiger partial charge in [-0.3, -0.25) is 4.79 Å². The Morgan fingerprint density at radius 3 is 3.00 bits per heavy atom. The van der Waals surface area contributed by atoms with E-state index in [-0.39, 0.29) is 24.0 Å². The molecule has 3 aromatic rings. The number of nitrogens with one attached hydrogen (secondary N) is 1. The lowest BCUT2D eigenvalue weighted by molar-refractivity contribution is -0.116. The molecule has 1 atom stereocenters. The van der Waals surface area contributed by atoms with Crippen LogP contribution in [0.3, 0.4) is 0 Å². The number of amides is 1. The molecule has 0 radical (unpaired) electrons. The zero-order chi connectivity index (χ0) is 18.1. The van der Waals surface area contributed by atoms with Gasteiger partial charge in [-0.05, 0) is 29.1 Å². The Morgan fingerprint density at radius 2 is 2.23 bits per heavy atom. The number of benzene rings is 1. The molecular weight excluding hydrogens is 360 g/mol. The lowest BCUT2D eigenvalue weighted by Crippen LogP contribution is -2.25. The van der Waals surface area contributed by atoms with Crippen molar-refractivity contribution in [1.29, 1.82) is 0 Å². The van der Waals surface area contributed by atoms with Crippen molar-refractivity contribution in [3.05, 3.63) is 64.0 Å². The Bertz CT molecular complexity index is 924. The van der Waals surface area contributed by atoms with Gasteiger partial charge in [-0.25, -0.2) is 4.68 Å². The highest BCUT2D eigenvalue weighted by molar-refractivity contribution is 7.09. The third kappa shape index (κ3) is 3.32. The van der Waals surface area contributed by atoms with Crippen molar-refractivity contribution in [3.8, 4) is 5.75 Å². The van der Waals surface area contributed by atoms with Crippen LogP contribution < -0.4 is 10.1 Å². The van der Waals surface area contributed by atoms with Crippen LogP contribution in [-0.2, 0) is 11.3 Å². The minimum Gasteiger partial charge on any atom is -0.435 e. The van der Waals surface area contributed by atoms with Gasteiger partial charge >= 0.3 is 6.61 Å². The third-order valence-electron chi connectivity index (χ3n) is 4.26. The Hall–Kier alpha value is -2.74. The monoisotopic (exact) mass is 375 g/mol. The van der Waals surface area contributed by atoms with Crippen LogP contribution in [0, 0.1) is 0 Å². The molecule has 8 heteroatoms. The summed E-state index contributed by atoms with van der Waals surface area (Å²) >= 11 is 1.62. The van der Waals surface area contributed by atoms with Gasteiger partial charge in [-0.2, -0.15) is 13.9 Å². The maximum absolute atomic E-state index is 12.5. The smallest absolute Gasteiger partial charge is 0.387 e. The number of ether oxygens (including phenoxy) is 1. The number of hydrogen-bond acceptors (Lipinski definition) is 4. The van der Waals surface area contributed by atoms with E-state index in [9.17, 15) is 13.6 Å². The molecular formula is C18H15F2N3O2S. The summed E-state index contributed by atoms with van der Waals surface area (Å²) in [5.41, 5.74) is 1.62. The second kappa shape index (κ2) is 6.87. The number of thiophene rings is 1. The number of fused-ring (bicyclic) bond motifs is 1. The number of halogens is 2. The Morgan fingerprint density at radius 1 is 1.35 bits per heavy atom. The fourth-order valence-corrected chi connectivity index (χ4v) is 3.83. The summed E-state index contributed by atoms with van der Waals surface area (Å²) in [5.74, 6) is 0.350. The topological polar surface area (TPSA) is 56.1 Å². The van der Waals surface area contributed by atoms with Crippen LogP contribution in [0.15, 0.2) is 48.0 Å². The predicted octanol–water partition coefficient (Wildman–Crippen LogP) is 4.07. The van der Waals surface area contributed by atoms with Crippen LogP contribution in [0.2, 0.25) is 0 Å². The fraction of sp³-hybridized carbons (Fsp3) is 0.222. The van der Waals surface area contributed by atoms with Gasteiger partial charge in [0.15, 0.2) is 0 Å². The fourth-order valence-electron chi connectivity index (χ4n) is 3.14. The summed E-state index contributed by atoms with van der Waals surface area (Å²) in [6, 6.07) is 10.4. The highest BCUT2D eigenvalue weighted by atomic mass is 32.1. The van der Waals surface area contributed by atoms with Crippen LogP contribution in [-0.4, -0.2) is 22.3 Å². The van der Waals surface area contributed by atoms with E-state index in [1.165, 1.54) is 6.07 Å². The molecule has 0 fully saturated rings. The molecule has 2 aromatic heterocycles. The lowest BCUT2D eigenvalue weighted by atomic mass is 9.87. The minimum absolute atomic E-state index is 0.0796. The van der Waals surface area contributed by atoms with Gasteiger partial charge in [-0.1, -0.05) is 18.2 Å². The van der Waals surface area contributed by atoms with Gasteiger partial charge in [0.25, 0.3) is 0 Å². The number of nitrogens with zero attached hydrogens (tertiary/aromatic N) is 2. The summed E-state index contributed by atoms with van der Waals surface area (Å²) in [6.45, 7) is -2.32. The van der Waals surface area contributed by atoms with Crippen molar-refractivity contribution >= 4 is 23.1 Å². The van der Waals surface area contributed by atoms with E-state index in [4.69, 9.17) is 0 Å². The summed E-state index contributed by atoms with van der Waals surface area (Å²) in [4.78, 5) is 13.3. The lowest BCUT2D eigenvalue weighted by Gasteiger charge is -2.24.